The second kappa shape index (κ2) is 10.8. The molecule has 0 unspecified atom stereocenters. The van der Waals surface area contributed by atoms with Gasteiger partial charge in [0, 0.05) is 5.75 Å². The molecule has 0 spiro atoms. The topological polar surface area (TPSA) is 81.9 Å². The van der Waals surface area contributed by atoms with Gasteiger partial charge in [-0.05, 0) is 55.7 Å². The highest BCUT2D eigenvalue weighted by Gasteiger charge is 2.21. The Morgan fingerprint density at radius 1 is 1.18 bits per heavy atom. The van der Waals surface area contributed by atoms with Crippen LogP contribution >= 0.6 is 23.1 Å². The summed E-state index contributed by atoms with van der Waals surface area (Å²) < 4.78 is 21.3. The third-order valence-electron chi connectivity index (χ3n) is 4.93. The molecule has 0 bridgehead atoms. The first-order valence-corrected chi connectivity index (χ1v) is 12.6. The highest BCUT2D eigenvalue weighted by molar-refractivity contribution is 8.00. The molecule has 0 aliphatic carbocycles. The summed E-state index contributed by atoms with van der Waals surface area (Å²) in [6.07, 6.45) is 2.39. The molecule has 1 amide bonds. The number of aryl methyl sites for hydroxylation is 2. The molecule has 2 heterocycles. The molecule has 2 aromatic heterocycles. The molecule has 34 heavy (non-hydrogen) atoms. The van der Waals surface area contributed by atoms with Crippen molar-refractivity contribution < 1.29 is 13.9 Å². The third-order valence-corrected chi connectivity index (χ3v) is 6.95. The van der Waals surface area contributed by atoms with E-state index in [1.807, 2.05) is 6.92 Å². The van der Waals surface area contributed by atoms with E-state index in [0.717, 1.165) is 16.5 Å². The van der Waals surface area contributed by atoms with Crippen molar-refractivity contribution in [2.75, 3.05) is 11.9 Å². The van der Waals surface area contributed by atoms with Crippen LogP contribution in [0.4, 0.5) is 9.52 Å². The Balaban J connectivity index is 1.47. The zero-order valence-corrected chi connectivity index (χ0v) is 20.7. The number of hydrogen-bond donors (Lipinski definition) is 1. The molecule has 4 aromatic rings. The lowest BCUT2D eigenvalue weighted by molar-refractivity contribution is 0.101. The lowest BCUT2D eigenvalue weighted by Crippen LogP contribution is -2.14. The van der Waals surface area contributed by atoms with Gasteiger partial charge < -0.3 is 4.74 Å². The number of carbonyl (C=O) groups excluding carboxylic acids is 1. The monoisotopic (exact) mass is 497 g/mol. The van der Waals surface area contributed by atoms with Crippen LogP contribution in [-0.4, -0.2) is 32.5 Å². The van der Waals surface area contributed by atoms with Crippen molar-refractivity contribution in [2.24, 2.45) is 0 Å². The number of carbonyl (C=O) groups is 1. The van der Waals surface area contributed by atoms with Gasteiger partial charge in [-0.2, -0.15) is 5.10 Å². The molecule has 4 rings (SSSR count). The first-order chi connectivity index (χ1) is 16.4. The fraction of sp³-hybridized carbons (Fsp3) is 0.250. The number of benzene rings is 2. The predicted octanol–water partition coefficient (Wildman–Crippen LogP) is 5.81. The van der Waals surface area contributed by atoms with E-state index in [4.69, 9.17) is 4.74 Å². The van der Waals surface area contributed by atoms with E-state index in [1.165, 1.54) is 44.8 Å². The minimum Gasteiger partial charge on any atom is -0.489 e. The molecule has 0 aliphatic heterocycles. The largest absolute Gasteiger partial charge is 0.489 e. The number of aromatic nitrogens is 4. The van der Waals surface area contributed by atoms with Gasteiger partial charge in [-0.1, -0.05) is 53.8 Å². The average molecular weight is 498 g/mol. The summed E-state index contributed by atoms with van der Waals surface area (Å²) in [7, 11) is 0. The zero-order valence-electron chi connectivity index (χ0n) is 19.0. The summed E-state index contributed by atoms with van der Waals surface area (Å²) in [6, 6.07) is 12.2. The Morgan fingerprint density at radius 3 is 2.74 bits per heavy atom. The van der Waals surface area contributed by atoms with Gasteiger partial charge in [-0.25, -0.2) is 9.07 Å². The minimum atomic E-state index is -0.450. The van der Waals surface area contributed by atoms with E-state index in [1.54, 1.807) is 30.1 Å². The molecule has 0 saturated heterocycles. The summed E-state index contributed by atoms with van der Waals surface area (Å²) in [5.41, 5.74) is 4.43. The van der Waals surface area contributed by atoms with Crippen LogP contribution in [0.5, 0.6) is 5.75 Å². The Labute approximate surface area is 205 Å². The molecule has 1 N–H and O–H groups in total. The smallest absolute Gasteiger partial charge is 0.281 e. The summed E-state index contributed by atoms with van der Waals surface area (Å²) >= 11 is 2.88. The van der Waals surface area contributed by atoms with Crippen LogP contribution in [0.3, 0.4) is 0 Å². The Hall–Kier alpha value is -3.24. The normalized spacial score (nSPS) is 10.9. The SMILES string of the molecule is CCCOc1cn(-c2ccc(F)cc2)nc1C(=O)Nc1nnc(SCc2cc(C)ccc2C)s1. The van der Waals surface area contributed by atoms with Crippen LogP contribution in [0, 0.1) is 19.7 Å². The van der Waals surface area contributed by atoms with Gasteiger partial charge in [0.05, 0.1) is 18.5 Å². The highest BCUT2D eigenvalue weighted by Crippen LogP contribution is 2.30. The molecule has 10 heteroatoms. The quantitative estimate of drug-likeness (QED) is 0.232. The number of nitrogens with zero attached hydrogens (tertiary/aromatic N) is 4. The lowest BCUT2D eigenvalue weighted by Gasteiger charge is -2.05. The number of ether oxygens (including phenoxy) is 1. The number of thioether (sulfide) groups is 1. The summed E-state index contributed by atoms with van der Waals surface area (Å²) in [4.78, 5) is 13.0. The van der Waals surface area contributed by atoms with E-state index >= 15 is 0 Å². The van der Waals surface area contributed by atoms with Crippen LogP contribution in [0.1, 0.15) is 40.5 Å². The van der Waals surface area contributed by atoms with E-state index < -0.39 is 5.91 Å². The summed E-state index contributed by atoms with van der Waals surface area (Å²) in [6.45, 7) is 6.57. The molecule has 0 aliphatic rings. The number of halogens is 1. The molecule has 2 aromatic carbocycles. The molecule has 176 valence electrons. The first-order valence-electron chi connectivity index (χ1n) is 10.7. The van der Waals surface area contributed by atoms with Crippen LogP contribution in [0.15, 0.2) is 53.0 Å². The maximum Gasteiger partial charge on any atom is 0.281 e. The maximum atomic E-state index is 13.3. The summed E-state index contributed by atoms with van der Waals surface area (Å²) in [5, 5.41) is 15.8. The van der Waals surface area contributed by atoms with Crippen LogP contribution in [-0.2, 0) is 5.75 Å². The highest BCUT2D eigenvalue weighted by atomic mass is 32.2. The van der Waals surface area contributed by atoms with Crippen molar-refractivity contribution in [3.63, 3.8) is 0 Å². The van der Waals surface area contributed by atoms with Gasteiger partial charge in [0.1, 0.15) is 5.82 Å². The summed E-state index contributed by atoms with van der Waals surface area (Å²) in [5.74, 6) is 0.318. The molecule has 7 nitrogen and oxygen atoms in total. The van der Waals surface area contributed by atoms with Gasteiger partial charge in [0.2, 0.25) is 5.13 Å². The van der Waals surface area contributed by atoms with Crippen molar-refractivity contribution in [1.82, 2.24) is 20.0 Å². The number of anilines is 1. The standard InChI is InChI=1S/C24H24FN5O2S2/c1-4-11-32-20-13-30(19-9-7-18(25)8-10-19)29-21(20)22(31)26-23-27-28-24(34-23)33-14-17-12-15(2)5-6-16(17)3/h5-10,12-13H,4,11,14H2,1-3H3,(H,26,27,31). The second-order valence-corrected chi connectivity index (χ2v) is 9.86. The van der Waals surface area contributed by atoms with Crippen LogP contribution < -0.4 is 10.1 Å². The third kappa shape index (κ3) is 5.81. The Kier molecular flexibility index (Phi) is 7.59. The van der Waals surface area contributed by atoms with Gasteiger partial charge in [-0.3, -0.25) is 10.1 Å². The van der Waals surface area contributed by atoms with Gasteiger partial charge in [-0.15, -0.1) is 10.2 Å². The molecular formula is C24H24FN5O2S2. The van der Waals surface area contributed by atoms with Crippen molar-refractivity contribution in [2.45, 2.75) is 37.3 Å². The Morgan fingerprint density at radius 2 is 1.97 bits per heavy atom. The predicted molar refractivity (Wildman–Crippen MR) is 133 cm³/mol. The fourth-order valence-corrected chi connectivity index (χ4v) is 4.94. The van der Waals surface area contributed by atoms with Crippen LogP contribution in [0.25, 0.3) is 5.69 Å². The molecular weight excluding hydrogens is 473 g/mol. The zero-order chi connectivity index (χ0) is 24.1. The number of amides is 1. The number of rotatable bonds is 9. The van der Waals surface area contributed by atoms with Crippen LogP contribution in [0.2, 0.25) is 0 Å². The molecule has 0 radical (unpaired) electrons. The van der Waals surface area contributed by atoms with E-state index in [0.29, 0.717) is 23.2 Å². The van der Waals surface area contributed by atoms with Gasteiger partial charge >= 0.3 is 0 Å². The average Bonchev–Trinajstić information content (AvgIpc) is 3.46. The molecule has 0 saturated carbocycles. The van der Waals surface area contributed by atoms with E-state index in [-0.39, 0.29) is 11.5 Å². The molecule has 0 fully saturated rings. The van der Waals surface area contributed by atoms with Crippen molar-refractivity contribution in [3.8, 4) is 11.4 Å². The Bertz CT molecular complexity index is 1290. The fourth-order valence-electron chi connectivity index (χ4n) is 3.13. The maximum absolute atomic E-state index is 13.3. The van der Waals surface area contributed by atoms with Gasteiger partial charge in [0.15, 0.2) is 15.8 Å². The van der Waals surface area contributed by atoms with E-state index in [9.17, 15) is 9.18 Å². The number of hydrogen-bond acceptors (Lipinski definition) is 7. The van der Waals surface area contributed by atoms with Crippen molar-refractivity contribution >= 4 is 34.1 Å². The molecule has 0 atom stereocenters. The second-order valence-electron chi connectivity index (χ2n) is 7.66. The van der Waals surface area contributed by atoms with Crippen molar-refractivity contribution in [3.05, 3.63) is 76.9 Å². The first kappa shape index (κ1) is 23.9. The van der Waals surface area contributed by atoms with E-state index in [2.05, 4.69) is 52.7 Å². The van der Waals surface area contributed by atoms with Crippen molar-refractivity contribution in [1.29, 1.82) is 0 Å². The number of nitrogens with one attached hydrogen (secondary N) is 1. The minimum absolute atomic E-state index is 0.123. The lowest BCUT2D eigenvalue weighted by atomic mass is 10.1. The van der Waals surface area contributed by atoms with Gasteiger partial charge in [0.25, 0.3) is 5.91 Å².